The van der Waals surface area contributed by atoms with Crippen LogP contribution in [0, 0.1) is 0 Å². The van der Waals surface area contributed by atoms with Gasteiger partial charge in [-0.3, -0.25) is 0 Å². The third kappa shape index (κ3) is 3.83. The maximum atomic E-state index is 5.67. The summed E-state index contributed by atoms with van der Waals surface area (Å²) in [4.78, 5) is 0. The predicted molar refractivity (Wildman–Crippen MR) is 63.5 cm³/mol. The minimum Gasteiger partial charge on any atom is -0.489 e. The van der Waals surface area contributed by atoms with Crippen molar-refractivity contribution >= 4 is 21.6 Å². The topological polar surface area (TPSA) is 35.2 Å². The van der Waals surface area contributed by atoms with E-state index in [0.29, 0.717) is 12.3 Å². The minimum atomic E-state index is 0.582. The van der Waals surface area contributed by atoms with Crippen molar-refractivity contribution in [3.8, 4) is 5.75 Å². The molecule has 3 heteroatoms. The van der Waals surface area contributed by atoms with Crippen LogP contribution in [0.1, 0.15) is 13.8 Å². The number of hydrogen-bond acceptors (Lipinski definition) is 2. The highest BCUT2D eigenvalue weighted by Gasteiger charge is 1.96. The zero-order valence-electron chi connectivity index (χ0n) is 8.38. The largest absolute Gasteiger partial charge is 0.489 e. The summed E-state index contributed by atoms with van der Waals surface area (Å²) in [6.07, 6.45) is 2.02. The van der Waals surface area contributed by atoms with Gasteiger partial charge in [0.15, 0.2) is 0 Å². The number of nitrogen functional groups attached to an aromatic ring is 1. The first-order chi connectivity index (χ1) is 6.58. The molecule has 1 rings (SSSR count). The van der Waals surface area contributed by atoms with Gasteiger partial charge in [0.1, 0.15) is 12.4 Å². The molecule has 0 saturated carbocycles. The summed E-state index contributed by atoms with van der Waals surface area (Å²) >= 11 is 3.36. The van der Waals surface area contributed by atoms with Gasteiger partial charge in [-0.15, -0.1) is 0 Å². The Morgan fingerprint density at radius 1 is 1.43 bits per heavy atom. The Morgan fingerprint density at radius 3 is 2.71 bits per heavy atom. The number of anilines is 1. The number of benzene rings is 1. The average molecular weight is 256 g/mol. The molecule has 0 fully saturated rings. The number of allylic oxidation sites excluding steroid dienone is 1. The second-order valence-corrected chi connectivity index (χ2v) is 4.23. The van der Waals surface area contributed by atoms with E-state index >= 15 is 0 Å². The smallest absolute Gasteiger partial charge is 0.122 e. The van der Waals surface area contributed by atoms with Crippen molar-refractivity contribution in [1.82, 2.24) is 0 Å². The van der Waals surface area contributed by atoms with Crippen molar-refractivity contribution in [2.45, 2.75) is 13.8 Å². The third-order valence-electron chi connectivity index (χ3n) is 1.64. The molecule has 14 heavy (non-hydrogen) atoms. The van der Waals surface area contributed by atoms with E-state index in [-0.39, 0.29) is 0 Å². The van der Waals surface area contributed by atoms with Gasteiger partial charge in [-0.2, -0.15) is 0 Å². The lowest BCUT2D eigenvalue weighted by molar-refractivity contribution is 0.362. The first kappa shape index (κ1) is 11.1. The molecule has 1 aromatic rings. The van der Waals surface area contributed by atoms with Crippen LogP contribution in [0.3, 0.4) is 0 Å². The zero-order chi connectivity index (χ0) is 10.6. The van der Waals surface area contributed by atoms with Gasteiger partial charge in [-0.25, -0.2) is 0 Å². The van der Waals surface area contributed by atoms with Gasteiger partial charge in [0.05, 0.1) is 0 Å². The standard InChI is InChI=1S/C11H14BrNO/c1-8(2)3-4-14-11-6-9(12)5-10(13)7-11/h3,5-7H,4,13H2,1-2H3. The van der Waals surface area contributed by atoms with Gasteiger partial charge in [-0.1, -0.05) is 21.5 Å². The van der Waals surface area contributed by atoms with Crippen molar-refractivity contribution in [1.29, 1.82) is 0 Å². The molecule has 0 radical (unpaired) electrons. The molecule has 0 aliphatic rings. The molecule has 2 N–H and O–H groups in total. The highest BCUT2D eigenvalue weighted by molar-refractivity contribution is 9.10. The van der Waals surface area contributed by atoms with Crippen molar-refractivity contribution in [2.75, 3.05) is 12.3 Å². The Hall–Kier alpha value is -0.960. The van der Waals surface area contributed by atoms with Crippen molar-refractivity contribution in [2.24, 2.45) is 0 Å². The summed E-state index contributed by atoms with van der Waals surface area (Å²) in [5.74, 6) is 0.786. The van der Waals surface area contributed by atoms with E-state index in [0.717, 1.165) is 10.2 Å². The summed E-state index contributed by atoms with van der Waals surface area (Å²) in [6, 6.07) is 5.55. The average Bonchev–Trinajstić information content (AvgIpc) is 2.01. The lowest BCUT2D eigenvalue weighted by Gasteiger charge is -2.05. The fourth-order valence-corrected chi connectivity index (χ4v) is 1.46. The second kappa shape index (κ2) is 5.05. The molecule has 0 aliphatic carbocycles. The van der Waals surface area contributed by atoms with Crippen LogP contribution in [-0.4, -0.2) is 6.61 Å². The number of halogens is 1. The van der Waals surface area contributed by atoms with Crippen LogP contribution < -0.4 is 10.5 Å². The van der Waals surface area contributed by atoms with E-state index in [1.54, 1.807) is 0 Å². The molecule has 1 aromatic carbocycles. The molecular formula is C11H14BrNO. The van der Waals surface area contributed by atoms with Crippen LogP contribution in [0.15, 0.2) is 34.3 Å². The van der Waals surface area contributed by atoms with E-state index in [4.69, 9.17) is 10.5 Å². The molecular weight excluding hydrogens is 242 g/mol. The summed E-state index contributed by atoms with van der Waals surface area (Å²) in [7, 11) is 0. The van der Waals surface area contributed by atoms with E-state index in [1.807, 2.05) is 38.1 Å². The molecule has 0 unspecified atom stereocenters. The normalized spacial score (nSPS) is 9.64. The zero-order valence-corrected chi connectivity index (χ0v) is 9.97. The monoisotopic (exact) mass is 255 g/mol. The molecule has 0 aromatic heterocycles. The lowest BCUT2D eigenvalue weighted by Crippen LogP contribution is -1.95. The third-order valence-corrected chi connectivity index (χ3v) is 2.09. The Labute approximate surface area is 92.9 Å². The fourth-order valence-electron chi connectivity index (χ4n) is 0.972. The highest BCUT2D eigenvalue weighted by atomic mass is 79.9. The van der Waals surface area contributed by atoms with Gasteiger partial charge in [0, 0.05) is 16.2 Å². The molecule has 0 spiro atoms. The number of rotatable bonds is 3. The SMILES string of the molecule is CC(C)=CCOc1cc(N)cc(Br)c1. The van der Waals surface area contributed by atoms with Crippen LogP contribution in [0.4, 0.5) is 5.69 Å². The number of nitrogens with two attached hydrogens (primary N) is 1. The lowest BCUT2D eigenvalue weighted by atomic mass is 10.3. The highest BCUT2D eigenvalue weighted by Crippen LogP contribution is 2.22. The van der Waals surface area contributed by atoms with E-state index in [1.165, 1.54) is 5.57 Å². The van der Waals surface area contributed by atoms with Crippen LogP contribution in [0.25, 0.3) is 0 Å². The molecule has 0 bridgehead atoms. The molecule has 0 saturated heterocycles. The Kier molecular flexibility index (Phi) is 4.01. The van der Waals surface area contributed by atoms with Crippen LogP contribution in [-0.2, 0) is 0 Å². The van der Waals surface area contributed by atoms with E-state index in [2.05, 4.69) is 15.9 Å². The summed E-state index contributed by atoms with van der Waals surface area (Å²) in [5.41, 5.74) is 7.61. The Balaban J connectivity index is 2.63. The number of hydrogen-bond donors (Lipinski definition) is 1. The molecule has 0 heterocycles. The van der Waals surface area contributed by atoms with Crippen molar-refractivity contribution in [3.05, 3.63) is 34.3 Å². The summed E-state index contributed by atoms with van der Waals surface area (Å²) in [5, 5.41) is 0. The van der Waals surface area contributed by atoms with E-state index < -0.39 is 0 Å². The maximum absolute atomic E-state index is 5.67. The summed E-state index contributed by atoms with van der Waals surface area (Å²) < 4.78 is 6.43. The molecule has 0 atom stereocenters. The maximum Gasteiger partial charge on any atom is 0.122 e. The Bertz CT molecular complexity index is 323. The first-order valence-corrected chi connectivity index (χ1v) is 5.19. The van der Waals surface area contributed by atoms with Gasteiger partial charge in [0.25, 0.3) is 0 Å². The van der Waals surface area contributed by atoms with Gasteiger partial charge in [-0.05, 0) is 32.1 Å². The quantitative estimate of drug-likeness (QED) is 0.664. The predicted octanol–water partition coefficient (Wildman–Crippen LogP) is 3.38. The molecule has 76 valence electrons. The summed E-state index contributed by atoms with van der Waals surface area (Å²) in [6.45, 7) is 4.66. The minimum absolute atomic E-state index is 0.582. The van der Waals surface area contributed by atoms with Crippen molar-refractivity contribution in [3.63, 3.8) is 0 Å². The number of ether oxygens (including phenoxy) is 1. The van der Waals surface area contributed by atoms with Gasteiger partial charge in [0.2, 0.25) is 0 Å². The second-order valence-electron chi connectivity index (χ2n) is 3.31. The van der Waals surface area contributed by atoms with Crippen molar-refractivity contribution < 1.29 is 4.74 Å². The van der Waals surface area contributed by atoms with E-state index in [9.17, 15) is 0 Å². The fraction of sp³-hybridized carbons (Fsp3) is 0.273. The molecule has 0 aliphatic heterocycles. The van der Waals surface area contributed by atoms with Crippen LogP contribution in [0.5, 0.6) is 5.75 Å². The first-order valence-electron chi connectivity index (χ1n) is 4.40. The van der Waals surface area contributed by atoms with Crippen LogP contribution in [0.2, 0.25) is 0 Å². The van der Waals surface area contributed by atoms with Gasteiger partial charge >= 0.3 is 0 Å². The Morgan fingerprint density at radius 2 is 2.14 bits per heavy atom. The van der Waals surface area contributed by atoms with Gasteiger partial charge < -0.3 is 10.5 Å². The molecule has 2 nitrogen and oxygen atoms in total. The van der Waals surface area contributed by atoms with Crippen LogP contribution >= 0.6 is 15.9 Å². The molecule has 0 amide bonds.